The van der Waals surface area contributed by atoms with Crippen LogP contribution in [-0.2, 0) is 11.4 Å². The highest BCUT2D eigenvalue weighted by Gasteiger charge is 2.37. The van der Waals surface area contributed by atoms with Crippen molar-refractivity contribution >= 4 is 5.78 Å². The molecule has 2 aromatic carbocycles. The van der Waals surface area contributed by atoms with E-state index in [1.54, 1.807) is 24.3 Å². The van der Waals surface area contributed by atoms with Crippen molar-refractivity contribution in [1.82, 2.24) is 0 Å². The van der Waals surface area contributed by atoms with Crippen molar-refractivity contribution in [3.8, 4) is 11.5 Å². The molecule has 0 N–H and O–H groups in total. The van der Waals surface area contributed by atoms with Crippen LogP contribution in [0.5, 0.6) is 11.5 Å². The Balaban J connectivity index is 1.77. The lowest BCUT2D eigenvalue weighted by Gasteiger charge is -2.09. The molecule has 23 heavy (non-hydrogen) atoms. The first kappa shape index (κ1) is 16.9. The highest BCUT2D eigenvalue weighted by Crippen LogP contribution is 2.20. The van der Waals surface area contributed by atoms with E-state index in [0.717, 1.165) is 5.56 Å². The standard InChI is InChI=1S/C17H15F3O3/c18-17(19,20)16(21)10-11-22-14-6-8-15(9-7-14)23-12-13-4-2-1-3-5-13/h1-9H,10-12H2. The number of carbonyl (C=O) groups excluding carboxylic acids is 1. The minimum absolute atomic E-state index is 0.317. The Morgan fingerprint density at radius 1 is 0.870 bits per heavy atom. The topological polar surface area (TPSA) is 35.5 Å². The van der Waals surface area contributed by atoms with Crippen LogP contribution in [0.15, 0.2) is 54.6 Å². The summed E-state index contributed by atoms with van der Waals surface area (Å²) in [7, 11) is 0. The molecule has 0 saturated heterocycles. The fourth-order valence-electron chi connectivity index (χ4n) is 1.78. The number of hydrogen-bond donors (Lipinski definition) is 0. The van der Waals surface area contributed by atoms with E-state index < -0.39 is 18.4 Å². The molecule has 0 unspecified atom stereocenters. The molecule has 0 amide bonds. The molecule has 3 nitrogen and oxygen atoms in total. The number of carbonyl (C=O) groups is 1. The first-order chi connectivity index (χ1) is 10.9. The summed E-state index contributed by atoms with van der Waals surface area (Å²) >= 11 is 0. The Hall–Kier alpha value is -2.50. The van der Waals surface area contributed by atoms with Crippen molar-refractivity contribution in [3.05, 3.63) is 60.2 Å². The van der Waals surface area contributed by atoms with Crippen molar-refractivity contribution in [1.29, 1.82) is 0 Å². The van der Waals surface area contributed by atoms with Crippen LogP contribution in [0.4, 0.5) is 13.2 Å². The van der Waals surface area contributed by atoms with Crippen LogP contribution in [0, 0.1) is 0 Å². The van der Waals surface area contributed by atoms with E-state index in [4.69, 9.17) is 9.47 Å². The Kier molecular flexibility index (Phi) is 5.62. The zero-order chi connectivity index (χ0) is 16.7. The summed E-state index contributed by atoms with van der Waals surface area (Å²) in [5, 5.41) is 0. The van der Waals surface area contributed by atoms with Gasteiger partial charge in [0.15, 0.2) is 0 Å². The third-order valence-corrected chi connectivity index (χ3v) is 2.99. The molecule has 0 aliphatic rings. The van der Waals surface area contributed by atoms with Crippen LogP contribution in [0.25, 0.3) is 0 Å². The number of ether oxygens (including phenoxy) is 2. The normalized spacial score (nSPS) is 11.1. The predicted octanol–water partition coefficient (Wildman–Crippen LogP) is 4.17. The van der Waals surface area contributed by atoms with Gasteiger partial charge in [-0.2, -0.15) is 13.2 Å². The van der Waals surface area contributed by atoms with Gasteiger partial charge in [-0.25, -0.2) is 0 Å². The minimum atomic E-state index is -4.81. The van der Waals surface area contributed by atoms with Crippen molar-refractivity contribution in [2.45, 2.75) is 19.2 Å². The van der Waals surface area contributed by atoms with Gasteiger partial charge in [-0.05, 0) is 29.8 Å². The number of hydrogen-bond acceptors (Lipinski definition) is 3. The molecule has 2 aromatic rings. The van der Waals surface area contributed by atoms with Gasteiger partial charge in [0.05, 0.1) is 6.61 Å². The molecule has 0 saturated carbocycles. The van der Waals surface area contributed by atoms with Crippen molar-refractivity contribution in [3.63, 3.8) is 0 Å². The maximum Gasteiger partial charge on any atom is 0.450 e. The SMILES string of the molecule is O=C(CCOc1ccc(OCc2ccccc2)cc1)C(F)(F)F. The van der Waals surface area contributed by atoms with Gasteiger partial charge < -0.3 is 9.47 Å². The van der Waals surface area contributed by atoms with Crippen LogP contribution in [0.3, 0.4) is 0 Å². The summed E-state index contributed by atoms with van der Waals surface area (Å²) in [6.07, 6.45) is -5.51. The summed E-state index contributed by atoms with van der Waals surface area (Å²) in [5.74, 6) is -0.792. The second-order valence-corrected chi connectivity index (χ2v) is 4.77. The molecular formula is C17H15F3O3. The molecule has 0 heterocycles. The van der Waals surface area contributed by atoms with E-state index in [0.29, 0.717) is 18.1 Å². The predicted molar refractivity (Wildman–Crippen MR) is 78.4 cm³/mol. The van der Waals surface area contributed by atoms with Crippen LogP contribution < -0.4 is 9.47 Å². The Morgan fingerprint density at radius 3 is 2.00 bits per heavy atom. The fourth-order valence-corrected chi connectivity index (χ4v) is 1.78. The maximum absolute atomic E-state index is 12.0. The van der Waals surface area contributed by atoms with Gasteiger partial charge >= 0.3 is 6.18 Å². The molecule has 0 radical (unpaired) electrons. The smallest absolute Gasteiger partial charge is 0.450 e. The van der Waals surface area contributed by atoms with Crippen molar-refractivity contribution in [2.75, 3.05) is 6.61 Å². The molecule has 0 bridgehead atoms. The third-order valence-electron chi connectivity index (χ3n) is 2.99. The first-order valence-electron chi connectivity index (χ1n) is 6.95. The lowest BCUT2D eigenvalue weighted by atomic mass is 10.2. The Bertz CT molecular complexity index is 622. The molecule has 2 rings (SSSR count). The number of Topliss-reactive ketones (excluding diaryl/α,β-unsaturated/α-hetero) is 1. The maximum atomic E-state index is 12.0. The molecule has 0 aliphatic heterocycles. The summed E-state index contributed by atoms with van der Waals surface area (Å²) in [6, 6.07) is 16.1. The highest BCUT2D eigenvalue weighted by molar-refractivity contribution is 5.84. The lowest BCUT2D eigenvalue weighted by Crippen LogP contribution is -2.24. The largest absolute Gasteiger partial charge is 0.493 e. The Morgan fingerprint density at radius 2 is 1.43 bits per heavy atom. The van der Waals surface area contributed by atoms with E-state index in [9.17, 15) is 18.0 Å². The summed E-state index contributed by atoms with van der Waals surface area (Å²) in [4.78, 5) is 10.7. The molecule has 0 aliphatic carbocycles. The van der Waals surface area contributed by atoms with Gasteiger partial charge in [0.25, 0.3) is 0 Å². The summed E-state index contributed by atoms with van der Waals surface area (Å²) in [5.41, 5.74) is 1.03. The minimum Gasteiger partial charge on any atom is -0.493 e. The zero-order valence-electron chi connectivity index (χ0n) is 12.2. The number of rotatable bonds is 7. The van der Waals surface area contributed by atoms with Crippen molar-refractivity contribution in [2.24, 2.45) is 0 Å². The molecule has 0 aromatic heterocycles. The molecule has 122 valence electrons. The quantitative estimate of drug-likeness (QED) is 0.767. The number of ketones is 1. The number of halogens is 3. The summed E-state index contributed by atoms with van der Waals surface area (Å²) in [6.45, 7) is 0.101. The van der Waals surface area contributed by atoms with E-state index in [1.807, 2.05) is 30.3 Å². The first-order valence-corrected chi connectivity index (χ1v) is 6.95. The van der Waals surface area contributed by atoms with Crippen LogP contribution >= 0.6 is 0 Å². The van der Waals surface area contributed by atoms with E-state index in [-0.39, 0.29) is 6.61 Å². The number of benzene rings is 2. The molecule has 0 fully saturated rings. The zero-order valence-corrected chi connectivity index (χ0v) is 12.2. The fraction of sp³-hybridized carbons (Fsp3) is 0.235. The molecule has 0 atom stereocenters. The van der Waals surface area contributed by atoms with Crippen LogP contribution in [-0.4, -0.2) is 18.6 Å². The van der Waals surface area contributed by atoms with Gasteiger partial charge in [-0.15, -0.1) is 0 Å². The van der Waals surface area contributed by atoms with Crippen molar-refractivity contribution < 1.29 is 27.4 Å². The van der Waals surface area contributed by atoms with E-state index >= 15 is 0 Å². The monoisotopic (exact) mass is 324 g/mol. The van der Waals surface area contributed by atoms with E-state index in [2.05, 4.69) is 0 Å². The van der Waals surface area contributed by atoms with E-state index in [1.165, 1.54) is 0 Å². The molecular weight excluding hydrogens is 309 g/mol. The second kappa shape index (κ2) is 7.67. The van der Waals surface area contributed by atoms with Crippen LogP contribution in [0.1, 0.15) is 12.0 Å². The van der Waals surface area contributed by atoms with Gasteiger partial charge in [0, 0.05) is 6.42 Å². The number of alkyl halides is 3. The Labute approximate surface area is 131 Å². The van der Waals surface area contributed by atoms with Crippen LogP contribution in [0.2, 0.25) is 0 Å². The van der Waals surface area contributed by atoms with Gasteiger partial charge in [0.2, 0.25) is 5.78 Å². The average Bonchev–Trinajstić information content (AvgIpc) is 2.54. The van der Waals surface area contributed by atoms with Gasteiger partial charge in [-0.3, -0.25) is 4.79 Å². The second-order valence-electron chi connectivity index (χ2n) is 4.77. The average molecular weight is 324 g/mol. The molecule has 6 heteroatoms. The van der Waals surface area contributed by atoms with Gasteiger partial charge in [0.1, 0.15) is 18.1 Å². The molecule has 0 spiro atoms. The van der Waals surface area contributed by atoms with Gasteiger partial charge in [-0.1, -0.05) is 30.3 Å². The highest BCUT2D eigenvalue weighted by atomic mass is 19.4. The lowest BCUT2D eigenvalue weighted by molar-refractivity contribution is -0.171. The third kappa shape index (κ3) is 5.65. The summed E-state index contributed by atoms with van der Waals surface area (Å²) < 4.78 is 46.8.